The van der Waals surface area contributed by atoms with Crippen LogP contribution in [0.4, 0.5) is 5.82 Å². The quantitative estimate of drug-likeness (QED) is 0.806. The molecule has 1 saturated heterocycles. The second-order valence-corrected chi connectivity index (χ2v) is 6.67. The van der Waals surface area contributed by atoms with Gasteiger partial charge in [0.05, 0.1) is 0 Å². The molecule has 5 nitrogen and oxygen atoms in total. The van der Waals surface area contributed by atoms with Gasteiger partial charge >= 0.3 is 0 Å². The second kappa shape index (κ2) is 7.66. The molecule has 2 heterocycles. The number of piperazine rings is 1. The van der Waals surface area contributed by atoms with Crippen LogP contribution in [0.5, 0.6) is 5.75 Å². The van der Waals surface area contributed by atoms with E-state index in [2.05, 4.69) is 25.8 Å². The highest BCUT2D eigenvalue weighted by Gasteiger charge is 2.22. The number of rotatable bonds is 4. The number of halogens is 1. The topological polar surface area (TPSA) is 45.7 Å². The minimum absolute atomic E-state index is 0.0293. The number of aromatic nitrogens is 1. The molecule has 3 rings (SSSR count). The van der Waals surface area contributed by atoms with Crippen molar-refractivity contribution in [3.63, 3.8) is 0 Å². The van der Waals surface area contributed by atoms with Crippen LogP contribution in [0.15, 0.2) is 47.1 Å². The standard InChI is InChI=1S/C18H20BrN3O2/c1-14-4-2-3-5-16(14)24-13-18(23)22-10-8-21(9-11-22)17-7-6-15(19)12-20-17/h2-7,12H,8-11,13H2,1H3. The summed E-state index contributed by atoms with van der Waals surface area (Å²) in [7, 11) is 0. The number of anilines is 1. The van der Waals surface area contributed by atoms with E-state index in [0.29, 0.717) is 13.1 Å². The SMILES string of the molecule is Cc1ccccc1OCC(=O)N1CCN(c2ccc(Br)cn2)CC1. The molecule has 0 unspecified atom stereocenters. The van der Waals surface area contributed by atoms with Crippen molar-refractivity contribution in [2.45, 2.75) is 6.92 Å². The van der Waals surface area contributed by atoms with E-state index < -0.39 is 0 Å². The number of ether oxygens (including phenoxy) is 1. The summed E-state index contributed by atoms with van der Waals surface area (Å²) in [5, 5.41) is 0. The summed E-state index contributed by atoms with van der Waals surface area (Å²) in [5.41, 5.74) is 1.04. The Hall–Kier alpha value is -2.08. The molecular weight excluding hydrogens is 370 g/mol. The van der Waals surface area contributed by atoms with Gasteiger partial charge in [-0.05, 0) is 46.6 Å². The van der Waals surface area contributed by atoms with Gasteiger partial charge in [-0.25, -0.2) is 4.98 Å². The van der Waals surface area contributed by atoms with E-state index in [1.54, 1.807) is 6.20 Å². The molecular formula is C18H20BrN3O2. The van der Waals surface area contributed by atoms with Gasteiger partial charge in [-0.15, -0.1) is 0 Å². The maximum Gasteiger partial charge on any atom is 0.260 e. The van der Waals surface area contributed by atoms with Gasteiger partial charge < -0.3 is 14.5 Å². The summed E-state index contributed by atoms with van der Waals surface area (Å²) >= 11 is 3.39. The predicted octanol–water partition coefficient (Wildman–Crippen LogP) is 2.88. The number of benzene rings is 1. The van der Waals surface area contributed by atoms with Crippen LogP contribution in [0.2, 0.25) is 0 Å². The van der Waals surface area contributed by atoms with Gasteiger partial charge in [0.2, 0.25) is 0 Å². The third-order valence-electron chi connectivity index (χ3n) is 4.11. The van der Waals surface area contributed by atoms with Crippen molar-refractivity contribution < 1.29 is 9.53 Å². The third-order valence-corrected chi connectivity index (χ3v) is 4.58. The van der Waals surface area contributed by atoms with Crippen molar-refractivity contribution in [1.29, 1.82) is 0 Å². The Kier molecular flexibility index (Phi) is 5.35. The lowest BCUT2D eigenvalue weighted by atomic mass is 10.2. The van der Waals surface area contributed by atoms with Gasteiger partial charge in [-0.2, -0.15) is 0 Å². The average molecular weight is 390 g/mol. The van der Waals surface area contributed by atoms with Crippen molar-refractivity contribution >= 4 is 27.7 Å². The molecule has 1 aliphatic heterocycles. The number of hydrogen-bond donors (Lipinski definition) is 0. The fourth-order valence-electron chi connectivity index (χ4n) is 2.69. The molecule has 1 aromatic carbocycles. The van der Waals surface area contributed by atoms with Gasteiger partial charge in [0.1, 0.15) is 11.6 Å². The lowest BCUT2D eigenvalue weighted by Gasteiger charge is -2.35. The van der Waals surface area contributed by atoms with Crippen LogP contribution in [0, 0.1) is 6.92 Å². The first-order valence-electron chi connectivity index (χ1n) is 7.96. The summed E-state index contributed by atoms with van der Waals surface area (Å²) in [6.07, 6.45) is 1.79. The summed E-state index contributed by atoms with van der Waals surface area (Å²) < 4.78 is 6.62. The monoisotopic (exact) mass is 389 g/mol. The summed E-state index contributed by atoms with van der Waals surface area (Å²) in [6.45, 7) is 5.00. The number of amides is 1. The van der Waals surface area contributed by atoms with E-state index >= 15 is 0 Å². The number of nitrogens with zero attached hydrogens (tertiary/aromatic N) is 3. The van der Waals surface area contributed by atoms with E-state index in [1.165, 1.54) is 0 Å². The zero-order valence-corrected chi connectivity index (χ0v) is 15.2. The van der Waals surface area contributed by atoms with Crippen LogP contribution in [0.3, 0.4) is 0 Å². The van der Waals surface area contributed by atoms with Crippen LogP contribution in [-0.4, -0.2) is 48.6 Å². The summed E-state index contributed by atoms with van der Waals surface area (Å²) in [6, 6.07) is 11.7. The number of pyridine rings is 1. The van der Waals surface area contributed by atoms with Crippen LogP contribution in [-0.2, 0) is 4.79 Å². The highest BCUT2D eigenvalue weighted by atomic mass is 79.9. The Bertz CT molecular complexity index is 698. The minimum atomic E-state index is 0.0293. The minimum Gasteiger partial charge on any atom is -0.484 e. The average Bonchev–Trinajstić information content (AvgIpc) is 2.62. The Balaban J connectivity index is 1.50. The highest BCUT2D eigenvalue weighted by molar-refractivity contribution is 9.10. The molecule has 0 aliphatic carbocycles. The largest absolute Gasteiger partial charge is 0.484 e. The van der Waals surface area contributed by atoms with Crippen molar-refractivity contribution in [2.75, 3.05) is 37.7 Å². The molecule has 0 bridgehead atoms. The van der Waals surface area contributed by atoms with Crippen molar-refractivity contribution in [3.8, 4) is 5.75 Å². The van der Waals surface area contributed by atoms with E-state index in [0.717, 1.165) is 34.7 Å². The fourth-order valence-corrected chi connectivity index (χ4v) is 2.92. The summed E-state index contributed by atoms with van der Waals surface area (Å²) in [5.74, 6) is 1.74. The van der Waals surface area contributed by atoms with Crippen LogP contribution < -0.4 is 9.64 Å². The van der Waals surface area contributed by atoms with Crippen molar-refractivity contribution in [1.82, 2.24) is 9.88 Å². The molecule has 1 aliphatic rings. The van der Waals surface area contributed by atoms with E-state index in [-0.39, 0.29) is 12.5 Å². The molecule has 126 valence electrons. The van der Waals surface area contributed by atoms with Gasteiger partial charge in [0, 0.05) is 36.8 Å². The fraction of sp³-hybridized carbons (Fsp3) is 0.333. The lowest BCUT2D eigenvalue weighted by Crippen LogP contribution is -2.50. The molecule has 0 radical (unpaired) electrons. The lowest BCUT2D eigenvalue weighted by molar-refractivity contribution is -0.133. The Morgan fingerprint density at radius 1 is 1.17 bits per heavy atom. The van der Waals surface area contributed by atoms with E-state index in [1.807, 2.05) is 48.2 Å². The van der Waals surface area contributed by atoms with Crippen LogP contribution in [0.1, 0.15) is 5.56 Å². The third kappa shape index (κ3) is 4.06. The number of para-hydroxylation sites is 1. The number of carbonyl (C=O) groups is 1. The molecule has 1 aromatic heterocycles. The number of hydrogen-bond acceptors (Lipinski definition) is 4. The Morgan fingerprint density at radius 3 is 2.58 bits per heavy atom. The van der Waals surface area contributed by atoms with E-state index in [4.69, 9.17) is 4.74 Å². The first-order valence-corrected chi connectivity index (χ1v) is 8.75. The van der Waals surface area contributed by atoms with Crippen LogP contribution >= 0.6 is 15.9 Å². The van der Waals surface area contributed by atoms with Gasteiger partial charge in [0.15, 0.2) is 6.61 Å². The molecule has 0 spiro atoms. The molecule has 2 aromatic rings. The maximum atomic E-state index is 12.3. The first kappa shape index (κ1) is 16.8. The molecule has 1 amide bonds. The highest BCUT2D eigenvalue weighted by Crippen LogP contribution is 2.18. The number of carbonyl (C=O) groups excluding carboxylic acids is 1. The van der Waals surface area contributed by atoms with Gasteiger partial charge in [-0.1, -0.05) is 18.2 Å². The zero-order chi connectivity index (χ0) is 16.9. The van der Waals surface area contributed by atoms with Crippen molar-refractivity contribution in [3.05, 3.63) is 52.6 Å². The number of aryl methyl sites for hydroxylation is 1. The Morgan fingerprint density at radius 2 is 1.92 bits per heavy atom. The predicted molar refractivity (Wildman–Crippen MR) is 97.4 cm³/mol. The Labute approximate surface area is 150 Å². The van der Waals surface area contributed by atoms with Crippen molar-refractivity contribution in [2.24, 2.45) is 0 Å². The van der Waals surface area contributed by atoms with Crippen LogP contribution in [0.25, 0.3) is 0 Å². The summed E-state index contributed by atoms with van der Waals surface area (Å²) in [4.78, 5) is 20.8. The van der Waals surface area contributed by atoms with E-state index in [9.17, 15) is 4.79 Å². The molecule has 0 atom stereocenters. The molecule has 24 heavy (non-hydrogen) atoms. The smallest absolute Gasteiger partial charge is 0.260 e. The normalized spacial score (nSPS) is 14.6. The molecule has 0 N–H and O–H groups in total. The maximum absolute atomic E-state index is 12.3. The molecule has 1 fully saturated rings. The zero-order valence-electron chi connectivity index (χ0n) is 13.6. The second-order valence-electron chi connectivity index (χ2n) is 5.76. The first-order chi connectivity index (χ1) is 11.6. The molecule has 6 heteroatoms. The molecule has 0 saturated carbocycles. The van der Waals surface area contributed by atoms with Gasteiger partial charge in [-0.3, -0.25) is 4.79 Å². The van der Waals surface area contributed by atoms with Gasteiger partial charge in [0.25, 0.3) is 5.91 Å².